The molecular weight excluding hydrogens is 368 g/mol. The highest BCUT2D eigenvalue weighted by atomic mass is 32.1. The van der Waals surface area contributed by atoms with Gasteiger partial charge in [-0.05, 0) is 44.5 Å². The first-order valence-electron chi connectivity index (χ1n) is 10.0. The number of thiophene rings is 1. The van der Waals surface area contributed by atoms with Crippen molar-refractivity contribution in [1.82, 2.24) is 19.5 Å². The molecule has 5 nitrogen and oxygen atoms in total. The number of fused-ring (bicyclic) bond motifs is 2. The highest BCUT2D eigenvalue weighted by Crippen LogP contribution is 2.34. The van der Waals surface area contributed by atoms with Crippen molar-refractivity contribution in [3.63, 3.8) is 0 Å². The summed E-state index contributed by atoms with van der Waals surface area (Å²) in [6, 6.07) is 12.3. The number of benzene rings is 1. The Labute approximate surface area is 168 Å². The number of hydrogen-bond acceptors (Lipinski definition) is 5. The minimum Gasteiger partial charge on any atom is -0.477 e. The van der Waals surface area contributed by atoms with Crippen LogP contribution in [0.2, 0.25) is 0 Å². The van der Waals surface area contributed by atoms with E-state index in [4.69, 9.17) is 9.84 Å². The summed E-state index contributed by atoms with van der Waals surface area (Å²) in [6.45, 7) is 4.27. The van der Waals surface area contributed by atoms with Crippen LogP contribution in [0, 0.1) is 0 Å². The third-order valence-corrected chi connectivity index (χ3v) is 6.38. The molecule has 1 aliphatic rings. The fraction of sp³-hybridized carbons (Fsp3) is 0.364. The van der Waals surface area contributed by atoms with Gasteiger partial charge in [-0.15, -0.1) is 16.4 Å². The van der Waals surface area contributed by atoms with Gasteiger partial charge in [-0.25, -0.2) is 9.50 Å². The fourth-order valence-corrected chi connectivity index (χ4v) is 4.90. The molecule has 0 atom stereocenters. The van der Waals surface area contributed by atoms with Gasteiger partial charge in [0.2, 0.25) is 5.88 Å². The number of ether oxygens (including phenoxy) is 1. The van der Waals surface area contributed by atoms with Crippen molar-refractivity contribution in [3.05, 3.63) is 48.0 Å². The predicted octanol–water partition coefficient (Wildman–Crippen LogP) is 4.87. The number of piperidine rings is 1. The van der Waals surface area contributed by atoms with E-state index in [1.807, 2.05) is 22.8 Å². The van der Waals surface area contributed by atoms with Crippen molar-refractivity contribution in [3.8, 4) is 17.1 Å². The summed E-state index contributed by atoms with van der Waals surface area (Å²) in [5, 5.41) is 8.13. The van der Waals surface area contributed by atoms with E-state index in [0.29, 0.717) is 12.5 Å². The summed E-state index contributed by atoms with van der Waals surface area (Å²) in [6.07, 6.45) is 6.98. The van der Waals surface area contributed by atoms with Gasteiger partial charge in [0.1, 0.15) is 0 Å². The first kappa shape index (κ1) is 17.6. The lowest BCUT2D eigenvalue weighted by Gasteiger charge is -2.26. The second-order valence-corrected chi connectivity index (χ2v) is 8.25. The third-order valence-electron chi connectivity index (χ3n) is 5.41. The number of likely N-dealkylation sites (tertiary alicyclic amines) is 1. The van der Waals surface area contributed by atoms with E-state index in [0.717, 1.165) is 24.3 Å². The first-order chi connectivity index (χ1) is 13.9. The van der Waals surface area contributed by atoms with Crippen LogP contribution in [0.1, 0.15) is 25.7 Å². The van der Waals surface area contributed by atoms with Gasteiger partial charge in [0, 0.05) is 33.6 Å². The Morgan fingerprint density at radius 2 is 1.93 bits per heavy atom. The molecule has 4 heterocycles. The number of hydrogen-bond donors (Lipinski definition) is 0. The normalized spacial score (nSPS) is 15.4. The van der Waals surface area contributed by atoms with E-state index in [1.54, 1.807) is 11.3 Å². The smallest absolute Gasteiger partial charge is 0.231 e. The topological polar surface area (TPSA) is 42.7 Å². The fourth-order valence-electron chi connectivity index (χ4n) is 3.94. The molecule has 6 heteroatoms. The Balaban J connectivity index is 1.32. The van der Waals surface area contributed by atoms with Crippen molar-refractivity contribution in [2.45, 2.75) is 25.7 Å². The highest BCUT2D eigenvalue weighted by molar-refractivity contribution is 7.17. The lowest BCUT2D eigenvalue weighted by molar-refractivity contribution is 0.202. The Kier molecular flexibility index (Phi) is 4.97. The Hall–Kier alpha value is -2.44. The molecule has 5 rings (SSSR count). The van der Waals surface area contributed by atoms with Crippen LogP contribution in [0.4, 0.5) is 0 Å². The lowest BCUT2D eigenvalue weighted by Crippen LogP contribution is -2.31. The quantitative estimate of drug-likeness (QED) is 0.439. The molecule has 1 fully saturated rings. The highest BCUT2D eigenvalue weighted by Gasteiger charge is 2.13. The molecular formula is C22H24N4OS. The Morgan fingerprint density at radius 1 is 1.04 bits per heavy atom. The van der Waals surface area contributed by atoms with Gasteiger partial charge >= 0.3 is 0 Å². The van der Waals surface area contributed by atoms with E-state index in [1.165, 1.54) is 48.0 Å². The van der Waals surface area contributed by atoms with Crippen LogP contribution in [-0.2, 0) is 0 Å². The average Bonchev–Trinajstić information content (AvgIpc) is 3.35. The summed E-state index contributed by atoms with van der Waals surface area (Å²) in [7, 11) is 0. The maximum atomic E-state index is 5.95. The molecule has 28 heavy (non-hydrogen) atoms. The summed E-state index contributed by atoms with van der Waals surface area (Å²) < 4.78 is 9.12. The van der Waals surface area contributed by atoms with Crippen LogP contribution in [-0.4, -0.2) is 45.7 Å². The first-order valence-corrected chi connectivity index (χ1v) is 10.9. The van der Waals surface area contributed by atoms with Crippen LogP contribution >= 0.6 is 11.3 Å². The van der Waals surface area contributed by atoms with Crippen LogP contribution in [0.5, 0.6) is 5.88 Å². The Bertz CT molecular complexity index is 1080. The number of nitrogens with zero attached hydrogens (tertiary/aromatic N) is 4. The van der Waals surface area contributed by atoms with Crippen LogP contribution in [0.25, 0.3) is 27.0 Å². The SMILES string of the molecule is c1ccc2c(-c3cnc4ccc(OCCCN5CCCCC5)nn34)csc2c1. The molecule has 4 aromatic rings. The molecule has 0 unspecified atom stereocenters. The molecule has 0 spiro atoms. The number of rotatable bonds is 6. The van der Waals surface area contributed by atoms with Crippen molar-refractivity contribution >= 4 is 27.1 Å². The van der Waals surface area contributed by atoms with Crippen molar-refractivity contribution < 1.29 is 4.74 Å². The summed E-state index contributed by atoms with van der Waals surface area (Å²) in [5.74, 6) is 0.657. The molecule has 1 aliphatic heterocycles. The molecule has 0 saturated carbocycles. The second kappa shape index (κ2) is 7.89. The molecule has 1 saturated heterocycles. The molecule has 0 amide bonds. The van der Waals surface area contributed by atoms with Gasteiger partial charge in [-0.1, -0.05) is 24.6 Å². The average molecular weight is 393 g/mol. The zero-order valence-electron chi connectivity index (χ0n) is 15.9. The minimum absolute atomic E-state index is 0.657. The Morgan fingerprint density at radius 3 is 2.86 bits per heavy atom. The van der Waals surface area contributed by atoms with E-state index >= 15 is 0 Å². The van der Waals surface area contributed by atoms with Crippen molar-refractivity contribution in [1.29, 1.82) is 0 Å². The lowest BCUT2D eigenvalue weighted by atomic mass is 10.1. The number of aromatic nitrogens is 3. The summed E-state index contributed by atoms with van der Waals surface area (Å²) in [4.78, 5) is 7.06. The second-order valence-electron chi connectivity index (χ2n) is 7.33. The van der Waals surface area contributed by atoms with Gasteiger partial charge in [0.05, 0.1) is 18.5 Å². The molecule has 1 aromatic carbocycles. The van der Waals surface area contributed by atoms with E-state index in [9.17, 15) is 0 Å². The van der Waals surface area contributed by atoms with Crippen LogP contribution in [0.15, 0.2) is 48.0 Å². The largest absolute Gasteiger partial charge is 0.477 e. The third kappa shape index (κ3) is 3.50. The van der Waals surface area contributed by atoms with Gasteiger partial charge in [0.15, 0.2) is 5.65 Å². The summed E-state index contributed by atoms with van der Waals surface area (Å²) in [5.41, 5.74) is 3.01. The molecule has 0 bridgehead atoms. The molecule has 144 valence electrons. The van der Waals surface area contributed by atoms with E-state index in [-0.39, 0.29) is 0 Å². The summed E-state index contributed by atoms with van der Waals surface area (Å²) >= 11 is 1.75. The van der Waals surface area contributed by atoms with Gasteiger partial charge in [-0.3, -0.25) is 0 Å². The maximum absolute atomic E-state index is 5.95. The van der Waals surface area contributed by atoms with Crippen LogP contribution in [0.3, 0.4) is 0 Å². The van der Waals surface area contributed by atoms with E-state index in [2.05, 4.69) is 39.5 Å². The van der Waals surface area contributed by atoms with Gasteiger partial charge in [-0.2, -0.15) is 0 Å². The number of imidazole rings is 1. The maximum Gasteiger partial charge on any atom is 0.231 e. The standard InChI is InChI=1S/C22H24N4OS/c1-4-11-25(12-5-1)13-6-14-27-22-10-9-21-23-15-19(26(21)24-22)18-16-28-20-8-3-2-7-17(18)20/h2-3,7-10,15-16H,1,4-6,11-14H2. The molecule has 0 aliphatic carbocycles. The minimum atomic E-state index is 0.657. The zero-order chi connectivity index (χ0) is 18.8. The van der Waals surface area contributed by atoms with Crippen LogP contribution < -0.4 is 4.74 Å². The van der Waals surface area contributed by atoms with Crippen molar-refractivity contribution in [2.75, 3.05) is 26.2 Å². The predicted molar refractivity (Wildman–Crippen MR) is 114 cm³/mol. The zero-order valence-corrected chi connectivity index (χ0v) is 16.7. The molecule has 0 radical (unpaired) electrons. The molecule has 3 aromatic heterocycles. The van der Waals surface area contributed by atoms with E-state index < -0.39 is 0 Å². The van der Waals surface area contributed by atoms with Gasteiger partial charge < -0.3 is 9.64 Å². The monoisotopic (exact) mass is 392 g/mol. The molecule has 0 N–H and O–H groups in total. The van der Waals surface area contributed by atoms with Crippen molar-refractivity contribution in [2.24, 2.45) is 0 Å². The van der Waals surface area contributed by atoms with Gasteiger partial charge in [0.25, 0.3) is 0 Å².